The number of hydrogen-bond acceptors (Lipinski definition) is 1. The summed E-state index contributed by atoms with van der Waals surface area (Å²) in [5, 5.41) is 8.84. The molecule has 0 radical (unpaired) electrons. The SMILES string of the molecule is O=C(O)c1[nH]ccc1-c1cc(F)cc(F)c1. The van der Waals surface area contributed by atoms with Crippen molar-refractivity contribution in [2.75, 3.05) is 0 Å². The monoisotopic (exact) mass is 223 g/mol. The van der Waals surface area contributed by atoms with Gasteiger partial charge in [-0.05, 0) is 23.8 Å². The van der Waals surface area contributed by atoms with Crippen LogP contribution >= 0.6 is 0 Å². The van der Waals surface area contributed by atoms with Crippen LogP contribution in [0.1, 0.15) is 10.5 Å². The highest BCUT2D eigenvalue weighted by molar-refractivity contribution is 5.94. The number of hydrogen-bond donors (Lipinski definition) is 2. The summed E-state index contributed by atoms with van der Waals surface area (Å²) in [6, 6.07) is 4.35. The van der Waals surface area contributed by atoms with E-state index in [1.807, 2.05) is 0 Å². The Morgan fingerprint density at radius 3 is 2.38 bits per heavy atom. The van der Waals surface area contributed by atoms with Gasteiger partial charge in [0.2, 0.25) is 0 Å². The molecule has 0 aliphatic rings. The summed E-state index contributed by atoms with van der Waals surface area (Å²) in [4.78, 5) is 13.3. The highest BCUT2D eigenvalue weighted by Crippen LogP contribution is 2.24. The fourth-order valence-electron chi connectivity index (χ4n) is 1.50. The third-order valence-electron chi connectivity index (χ3n) is 2.13. The highest BCUT2D eigenvalue weighted by atomic mass is 19.1. The molecule has 0 aliphatic carbocycles. The molecule has 0 bridgehead atoms. The number of carboxylic acids is 1. The average Bonchev–Trinajstić information content (AvgIpc) is 2.63. The molecule has 0 saturated carbocycles. The number of benzene rings is 1. The van der Waals surface area contributed by atoms with Crippen molar-refractivity contribution in [2.45, 2.75) is 0 Å². The van der Waals surface area contributed by atoms with Crippen LogP contribution in [-0.4, -0.2) is 16.1 Å². The third kappa shape index (κ3) is 1.79. The Labute approximate surface area is 89.3 Å². The van der Waals surface area contributed by atoms with Crippen LogP contribution in [0.5, 0.6) is 0 Å². The normalized spacial score (nSPS) is 10.4. The first-order chi connectivity index (χ1) is 7.58. The number of aromatic amines is 1. The number of halogens is 2. The van der Waals surface area contributed by atoms with E-state index >= 15 is 0 Å². The molecule has 2 N–H and O–H groups in total. The van der Waals surface area contributed by atoms with E-state index in [1.165, 1.54) is 12.3 Å². The largest absolute Gasteiger partial charge is 0.477 e. The summed E-state index contributed by atoms with van der Waals surface area (Å²) in [5.41, 5.74) is 0.354. The summed E-state index contributed by atoms with van der Waals surface area (Å²) in [6.07, 6.45) is 1.40. The molecule has 0 fully saturated rings. The molecule has 1 aromatic heterocycles. The molecular weight excluding hydrogens is 216 g/mol. The Hall–Kier alpha value is -2.17. The molecule has 1 aromatic carbocycles. The van der Waals surface area contributed by atoms with Gasteiger partial charge < -0.3 is 10.1 Å². The molecule has 0 amide bonds. The Morgan fingerprint density at radius 1 is 1.19 bits per heavy atom. The molecule has 0 aliphatic heterocycles. The van der Waals surface area contributed by atoms with Gasteiger partial charge in [-0.2, -0.15) is 0 Å². The molecule has 0 unspecified atom stereocenters. The zero-order valence-corrected chi connectivity index (χ0v) is 8.00. The summed E-state index contributed by atoms with van der Waals surface area (Å²) < 4.78 is 25.9. The van der Waals surface area contributed by atoms with Gasteiger partial charge in [0.25, 0.3) is 0 Å². The van der Waals surface area contributed by atoms with E-state index in [0.29, 0.717) is 0 Å². The minimum atomic E-state index is -1.18. The van der Waals surface area contributed by atoms with Crippen molar-refractivity contribution >= 4 is 5.97 Å². The third-order valence-corrected chi connectivity index (χ3v) is 2.13. The summed E-state index contributed by atoms with van der Waals surface area (Å²) in [6.45, 7) is 0. The van der Waals surface area contributed by atoms with Crippen LogP contribution in [0.3, 0.4) is 0 Å². The quantitative estimate of drug-likeness (QED) is 0.822. The number of rotatable bonds is 2. The van der Waals surface area contributed by atoms with E-state index in [2.05, 4.69) is 4.98 Å². The Balaban J connectivity index is 2.58. The first-order valence-electron chi connectivity index (χ1n) is 4.45. The Bertz CT molecular complexity index is 528. The van der Waals surface area contributed by atoms with E-state index in [9.17, 15) is 13.6 Å². The summed E-state index contributed by atoms with van der Waals surface area (Å²) in [5.74, 6) is -2.66. The molecule has 3 nitrogen and oxygen atoms in total. The molecular formula is C11H7F2NO2. The molecule has 2 aromatic rings. The molecule has 16 heavy (non-hydrogen) atoms. The van der Waals surface area contributed by atoms with Gasteiger partial charge in [-0.1, -0.05) is 0 Å². The van der Waals surface area contributed by atoms with Crippen LogP contribution in [0.25, 0.3) is 11.1 Å². The van der Waals surface area contributed by atoms with E-state index in [-0.39, 0.29) is 16.8 Å². The van der Waals surface area contributed by atoms with Crippen molar-refractivity contribution < 1.29 is 18.7 Å². The smallest absolute Gasteiger partial charge is 0.352 e. The lowest BCUT2D eigenvalue weighted by atomic mass is 10.1. The second-order valence-corrected chi connectivity index (χ2v) is 3.23. The average molecular weight is 223 g/mol. The lowest BCUT2D eigenvalue weighted by Gasteiger charge is -2.01. The van der Waals surface area contributed by atoms with Gasteiger partial charge in [-0.15, -0.1) is 0 Å². The van der Waals surface area contributed by atoms with Crippen LogP contribution in [0, 0.1) is 11.6 Å². The zero-order valence-electron chi connectivity index (χ0n) is 8.00. The van der Waals surface area contributed by atoms with Crippen molar-refractivity contribution in [2.24, 2.45) is 0 Å². The minimum Gasteiger partial charge on any atom is -0.477 e. The van der Waals surface area contributed by atoms with Gasteiger partial charge in [0, 0.05) is 17.8 Å². The molecule has 0 spiro atoms. The maximum atomic E-state index is 13.0. The van der Waals surface area contributed by atoms with E-state index in [4.69, 9.17) is 5.11 Å². The van der Waals surface area contributed by atoms with Crippen LogP contribution in [-0.2, 0) is 0 Å². The van der Waals surface area contributed by atoms with Crippen LogP contribution < -0.4 is 0 Å². The van der Waals surface area contributed by atoms with Gasteiger partial charge in [0.1, 0.15) is 17.3 Å². The summed E-state index contributed by atoms with van der Waals surface area (Å²) >= 11 is 0. The van der Waals surface area contributed by atoms with Crippen molar-refractivity contribution in [1.29, 1.82) is 0 Å². The van der Waals surface area contributed by atoms with Crippen molar-refractivity contribution in [3.8, 4) is 11.1 Å². The predicted octanol–water partition coefficient (Wildman–Crippen LogP) is 2.66. The van der Waals surface area contributed by atoms with Gasteiger partial charge >= 0.3 is 5.97 Å². The van der Waals surface area contributed by atoms with Crippen molar-refractivity contribution in [1.82, 2.24) is 4.98 Å². The maximum absolute atomic E-state index is 13.0. The topological polar surface area (TPSA) is 53.1 Å². The standard InChI is InChI=1S/C11H7F2NO2/c12-7-3-6(4-8(13)5-7)9-1-2-14-10(9)11(15)16/h1-5,14H,(H,15,16). The maximum Gasteiger partial charge on any atom is 0.352 e. The number of carboxylic acid groups (broad SMARTS) is 1. The van der Waals surface area contributed by atoms with Gasteiger partial charge in [0.15, 0.2) is 0 Å². The molecule has 82 valence electrons. The van der Waals surface area contributed by atoms with E-state index in [0.717, 1.165) is 18.2 Å². The van der Waals surface area contributed by atoms with Crippen LogP contribution in [0.4, 0.5) is 8.78 Å². The summed E-state index contributed by atoms with van der Waals surface area (Å²) in [7, 11) is 0. The first-order valence-corrected chi connectivity index (χ1v) is 4.45. The Morgan fingerprint density at radius 2 is 1.81 bits per heavy atom. The predicted molar refractivity (Wildman–Crippen MR) is 53.1 cm³/mol. The minimum absolute atomic E-state index is 0.0926. The van der Waals surface area contributed by atoms with Crippen LogP contribution in [0.2, 0.25) is 0 Å². The van der Waals surface area contributed by atoms with E-state index < -0.39 is 17.6 Å². The number of aromatic nitrogens is 1. The fraction of sp³-hybridized carbons (Fsp3) is 0. The second kappa shape index (κ2) is 3.77. The lowest BCUT2D eigenvalue weighted by molar-refractivity contribution is 0.0692. The molecule has 0 atom stereocenters. The fourth-order valence-corrected chi connectivity index (χ4v) is 1.50. The number of aromatic carboxylic acids is 1. The Kier molecular flexibility index (Phi) is 2.44. The number of H-pyrrole nitrogens is 1. The highest BCUT2D eigenvalue weighted by Gasteiger charge is 2.13. The number of carbonyl (C=O) groups is 1. The molecule has 1 heterocycles. The lowest BCUT2D eigenvalue weighted by Crippen LogP contribution is -1.98. The first kappa shape index (κ1) is 10.4. The van der Waals surface area contributed by atoms with Crippen molar-refractivity contribution in [3.63, 3.8) is 0 Å². The van der Waals surface area contributed by atoms with Crippen molar-refractivity contribution in [3.05, 3.63) is 47.8 Å². The zero-order chi connectivity index (χ0) is 11.7. The van der Waals surface area contributed by atoms with Gasteiger partial charge in [-0.25, -0.2) is 13.6 Å². The van der Waals surface area contributed by atoms with Gasteiger partial charge in [0.05, 0.1) is 0 Å². The molecule has 5 heteroatoms. The van der Waals surface area contributed by atoms with Gasteiger partial charge in [-0.3, -0.25) is 0 Å². The molecule has 2 rings (SSSR count). The second-order valence-electron chi connectivity index (χ2n) is 3.23. The van der Waals surface area contributed by atoms with Crippen LogP contribution in [0.15, 0.2) is 30.5 Å². The van der Waals surface area contributed by atoms with E-state index in [1.54, 1.807) is 0 Å². The molecule has 0 saturated heterocycles. The number of nitrogens with one attached hydrogen (secondary N) is 1.